The summed E-state index contributed by atoms with van der Waals surface area (Å²) in [6.45, 7) is 0. The summed E-state index contributed by atoms with van der Waals surface area (Å²) < 4.78 is 141. The predicted molar refractivity (Wildman–Crippen MR) is 176 cm³/mol. The summed E-state index contributed by atoms with van der Waals surface area (Å²) in [6, 6.07) is 25.6. The van der Waals surface area contributed by atoms with Gasteiger partial charge in [-0.2, -0.15) is 36.9 Å². The van der Waals surface area contributed by atoms with E-state index < -0.39 is 64.1 Å². The highest BCUT2D eigenvalue weighted by Gasteiger charge is 2.44. The van der Waals surface area contributed by atoms with Crippen LogP contribution in [0.2, 0.25) is 0 Å². The van der Waals surface area contributed by atoms with Gasteiger partial charge >= 0.3 is 12.4 Å². The highest BCUT2D eigenvalue weighted by Crippen LogP contribution is 2.56. The quantitative estimate of drug-likeness (QED) is 0.131. The van der Waals surface area contributed by atoms with Crippen LogP contribution in [0.25, 0.3) is 33.4 Å². The molecule has 14 heteroatoms. The van der Waals surface area contributed by atoms with Crippen molar-refractivity contribution in [3.8, 4) is 34.4 Å². The molecule has 6 nitrogen and oxygen atoms in total. The molecule has 0 heterocycles. The van der Waals surface area contributed by atoms with Gasteiger partial charge in [-0.15, -0.1) is 0 Å². The average Bonchev–Trinajstić information content (AvgIpc) is 3.58. The lowest BCUT2D eigenvalue weighted by Crippen LogP contribution is -2.13. The van der Waals surface area contributed by atoms with Crippen LogP contribution in [0.3, 0.4) is 0 Å². The zero-order valence-electron chi connectivity index (χ0n) is 26.0. The van der Waals surface area contributed by atoms with E-state index in [0.29, 0.717) is 0 Å². The number of nitrogens with zero attached hydrogens (tertiary/aromatic N) is 2. The van der Waals surface area contributed by atoms with Crippen molar-refractivity contribution in [1.29, 1.82) is 10.5 Å². The maximum Gasteiger partial charge on any atom is 0.426 e. The van der Waals surface area contributed by atoms with E-state index in [9.17, 15) is 53.7 Å². The van der Waals surface area contributed by atoms with Crippen molar-refractivity contribution in [2.24, 2.45) is 0 Å². The number of alkyl halides is 6. The Labute approximate surface area is 292 Å². The van der Waals surface area contributed by atoms with Crippen molar-refractivity contribution in [3.63, 3.8) is 0 Å². The number of hydrogen-bond acceptors (Lipinski definition) is 6. The number of nitriles is 2. The van der Waals surface area contributed by atoms with Gasteiger partial charge in [-0.05, 0) is 105 Å². The molecule has 0 unspecified atom stereocenters. The van der Waals surface area contributed by atoms with Gasteiger partial charge in [0.05, 0.1) is 19.6 Å². The Bertz CT molecular complexity index is 2550. The van der Waals surface area contributed by atoms with Gasteiger partial charge in [0.1, 0.15) is 23.3 Å². The Balaban J connectivity index is 1.54. The van der Waals surface area contributed by atoms with Gasteiger partial charge in [0.2, 0.25) is 19.7 Å². The molecule has 2 aliphatic rings. The molecule has 0 saturated heterocycles. The largest absolute Gasteiger partial charge is 0.426 e. The van der Waals surface area contributed by atoms with Crippen molar-refractivity contribution in [2.75, 3.05) is 0 Å². The van der Waals surface area contributed by atoms with E-state index in [1.807, 2.05) is 0 Å². The molecule has 7 rings (SSSR count). The van der Waals surface area contributed by atoms with Crippen LogP contribution in [-0.4, -0.2) is 29.2 Å². The second-order valence-electron chi connectivity index (χ2n) is 11.7. The number of allylic oxidation sites excluding steroid dienone is 2. The van der Waals surface area contributed by atoms with E-state index in [0.717, 1.165) is 30.3 Å². The van der Waals surface area contributed by atoms with Gasteiger partial charge in [-0.25, -0.2) is 16.8 Å². The zero-order chi connectivity index (χ0) is 37.4. The third-order valence-electron chi connectivity index (χ3n) is 8.82. The van der Waals surface area contributed by atoms with Gasteiger partial charge < -0.3 is 0 Å². The fraction of sp³-hybridized carbons (Fsp3) is 0.0526. The fourth-order valence-corrected chi connectivity index (χ4v) is 9.16. The van der Waals surface area contributed by atoms with E-state index in [4.69, 9.17) is 0 Å². The summed E-state index contributed by atoms with van der Waals surface area (Å²) in [5, 5.41) is 19.6. The molecule has 5 aromatic rings. The second-order valence-corrected chi connectivity index (χ2v) is 15.6. The van der Waals surface area contributed by atoms with Crippen LogP contribution in [-0.2, 0) is 19.7 Å². The molecule has 5 aromatic carbocycles. The van der Waals surface area contributed by atoms with Crippen molar-refractivity contribution in [3.05, 3.63) is 143 Å². The van der Waals surface area contributed by atoms with Crippen LogP contribution in [0.1, 0.15) is 22.3 Å². The molecule has 258 valence electrons. The minimum absolute atomic E-state index is 0.0445. The van der Waals surface area contributed by atoms with Crippen LogP contribution in [0.15, 0.2) is 140 Å². The number of fused-ring (bicyclic) bond motifs is 6. The topological polar surface area (TPSA) is 116 Å². The highest BCUT2D eigenvalue weighted by atomic mass is 32.2. The molecular weight excluding hydrogens is 727 g/mol. The first-order chi connectivity index (χ1) is 24.5. The SMILES string of the molecule is N#C/C(=C1\c2cc(S(=O)(=O)c3ccccc3)ccc2-c2cc3c(cc21)/C(=C(/C#N)C(F)(F)F)c1cc(S(=O)(=O)c2ccccc2)ccc1-3)C(F)(F)F. The lowest BCUT2D eigenvalue weighted by molar-refractivity contribution is -0.0876. The molecule has 0 aromatic heterocycles. The van der Waals surface area contributed by atoms with Crippen LogP contribution in [0, 0.1) is 22.7 Å². The molecule has 0 spiro atoms. The lowest BCUT2D eigenvalue weighted by atomic mass is 9.92. The number of sulfone groups is 2. The lowest BCUT2D eigenvalue weighted by Gasteiger charge is -2.14. The molecule has 0 fully saturated rings. The second kappa shape index (κ2) is 11.8. The minimum Gasteiger partial charge on any atom is -0.219 e. The average molecular weight is 745 g/mol. The first-order valence-corrected chi connectivity index (χ1v) is 18.0. The standard InChI is InChI=1S/C38H18F6N2O4S2/c39-37(40,41)33(19-45)35-29-15-23(51(47,48)21-7-3-1-4-8-21)11-13-25(29)27-17-28-26-14-12-24(52(49,50)22-9-5-2-6-10-22)16-30(26)36(32(28)18-31(27)35)34(20-46)38(42,43)44/h1-18H/b35-33-,36-34-. The molecule has 0 saturated carbocycles. The van der Waals surface area contributed by atoms with Gasteiger partial charge in [0, 0.05) is 11.1 Å². The Morgan fingerprint density at radius 2 is 0.750 bits per heavy atom. The van der Waals surface area contributed by atoms with Crippen LogP contribution in [0.4, 0.5) is 26.3 Å². The summed E-state index contributed by atoms with van der Waals surface area (Å²) >= 11 is 0. The van der Waals surface area contributed by atoms with Crippen molar-refractivity contribution in [2.45, 2.75) is 31.9 Å². The van der Waals surface area contributed by atoms with Gasteiger partial charge in [-0.1, -0.05) is 48.5 Å². The molecule has 0 N–H and O–H groups in total. The molecule has 0 aliphatic heterocycles. The highest BCUT2D eigenvalue weighted by molar-refractivity contribution is 7.91. The monoisotopic (exact) mass is 744 g/mol. The van der Waals surface area contributed by atoms with E-state index >= 15 is 0 Å². The van der Waals surface area contributed by atoms with Crippen LogP contribution >= 0.6 is 0 Å². The number of halogens is 6. The normalized spacial score (nSPS) is 15.5. The summed E-state index contributed by atoms with van der Waals surface area (Å²) in [7, 11) is -8.54. The smallest absolute Gasteiger partial charge is 0.219 e. The summed E-state index contributed by atoms with van der Waals surface area (Å²) in [4.78, 5) is -1.08. The minimum atomic E-state index is -5.28. The molecule has 52 heavy (non-hydrogen) atoms. The van der Waals surface area contributed by atoms with Crippen molar-refractivity contribution in [1.82, 2.24) is 0 Å². The van der Waals surface area contributed by atoms with E-state index in [1.165, 1.54) is 78.9 Å². The third-order valence-corrected chi connectivity index (χ3v) is 12.4. The van der Waals surface area contributed by atoms with Crippen LogP contribution < -0.4 is 0 Å². The molecule has 0 bridgehead atoms. The van der Waals surface area contributed by atoms with E-state index in [-0.39, 0.29) is 54.3 Å². The van der Waals surface area contributed by atoms with Crippen molar-refractivity contribution < 1.29 is 43.2 Å². The maximum atomic E-state index is 14.5. The van der Waals surface area contributed by atoms with E-state index in [2.05, 4.69) is 0 Å². The van der Waals surface area contributed by atoms with Gasteiger partial charge in [0.25, 0.3) is 0 Å². The number of benzene rings is 5. The number of hydrogen-bond donors (Lipinski definition) is 0. The Hall–Kier alpha value is -5.96. The molecular formula is C38H18F6N2O4S2. The first kappa shape index (κ1) is 34.5. The summed E-state index contributed by atoms with van der Waals surface area (Å²) in [5.74, 6) is 0. The molecule has 0 radical (unpaired) electrons. The zero-order valence-corrected chi connectivity index (χ0v) is 27.6. The summed E-state index contributed by atoms with van der Waals surface area (Å²) in [6.07, 6.45) is -10.6. The summed E-state index contributed by atoms with van der Waals surface area (Å²) in [5.41, 5.74) is -6.02. The maximum absolute atomic E-state index is 14.5. The molecule has 0 atom stereocenters. The Morgan fingerprint density at radius 3 is 1.08 bits per heavy atom. The van der Waals surface area contributed by atoms with Crippen molar-refractivity contribution >= 4 is 30.8 Å². The fourth-order valence-electron chi connectivity index (χ4n) is 6.55. The Morgan fingerprint density at radius 1 is 0.423 bits per heavy atom. The van der Waals surface area contributed by atoms with Gasteiger partial charge in [0.15, 0.2) is 0 Å². The number of rotatable bonds is 4. The first-order valence-electron chi connectivity index (χ1n) is 15.0. The van der Waals surface area contributed by atoms with Crippen LogP contribution in [0.5, 0.6) is 0 Å². The van der Waals surface area contributed by atoms with Gasteiger partial charge in [-0.3, -0.25) is 0 Å². The predicted octanol–water partition coefficient (Wildman–Crippen LogP) is 9.09. The molecule has 0 amide bonds. The molecule has 2 aliphatic carbocycles. The third kappa shape index (κ3) is 5.30. The Kier molecular flexibility index (Phi) is 7.83. The van der Waals surface area contributed by atoms with E-state index in [1.54, 1.807) is 12.1 Å².